The van der Waals surface area contributed by atoms with E-state index in [9.17, 15) is 33.8 Å². The van der Waals surface area contributed by atoms with Crippen LogP contribution in [0.15, 0.2) is 78.9 Å². The molecule has 0 saturated heterocycles. The largest absolute Gasteiger partial charge is 1.00 e. The smallest absolute Gasteiger partial charge is 0.367 e. The van der Waals surface area contributed by atoms with E-state index in [-0.39, 0.29) is 35.1 Å². The second kappa shape index (κ2) is 9.60. The molecule has 10 heteroatoms. The zero-order valence-corrected chi connectivity index (χ0v) is 19.9. The van der Waals surface area contributed by atoms with E-state index in [1.807, 2.05) is 54.6 Å². The second-order valence-corrected chi connectivity index (χ2v) is 10.7. The Balaban J connectivity index is 0.00000320. The molecule has 30 heavy (non-hydrogen) atoms. The molecule has 152 valence electrons. The molecule has 3 rings (SSSR count). The molecule has 0 aliphatic heterocycles. The van der Waals surface area contributed by atoms with E-state index >= 15 is 0 Å². The zero-order chi connectivity index (χ0) is 21.3. The summed E-state index contributed by atoms with van der Waals surface area (Å²) in [5.74, 6) is 0. The molecule has 5 N–H and O–H groups in total. The molecule has 7 nitrogen and oxygen atoms in total. The van der Waals surface area contributed by atoms with Crippen molar-refractivity contribution in [1.82, 2.24) is 0 Å². The topological polar surface area (TPSA) is 135 Å². The van der Waals surface area contributed by atoms with E-state index in [4.69, 9.17) is 0 Å². The van der Waals surface area contributed by atoms with Crippen LogP contribution in [-0.2, 0) is 15.6 Å². The standard InChI is InChI=1S/C20H20O7P2.Na/c21-20(28(22,23)24,29(25,26)27)14-15-6-4-9-17(12-15)19-11-5-10-18(13-19)16-7-2-1-3-8-16;/h1-13,21H,14H2,(H2,22,23,24)(H2,25,26,27);/q;+1. The van der Waals surface area contributed by atoms with Gasteiger partial charge in [-0.05, 0) is 33.9 Å². The third-order valence-corrected chi connectivity index (χ3v) is 8.35. The minimum atomic E-state index is -5.52. The fourth-order valence-corrected chi connectivity index (χ4v) is 5.15. The first-order valence-corrected chi connectivity index (χ1v) is 11.8. The first-order valence-electron chi connectivity index (χ1n) is 8.60. The monoisotopic (exact) mass is 457 g/mol. The van der Waals surface area contributed by atoms with Crippen LogP contribution in [0.3, 0.4) is 0 Å². The van der Waals surface area contributed by atoms with Gasteiger partial charge in [-0.3, -0.25) is 9.13 Å². The maximum absolute atomic E-state index is 11.6. The SMILES string of the molecule is O=P(O)(O)C(O)(Cc1cccc(-c2cccc(-c3ccccc3)c2)c1)P(=O)(O)O.[Na+]. The molecule has 0 aliphatic carbocycles. The van der Waals surface area contributed by atoms with E-state index in [0.29, 0.717) is 5.56 Å². The molecule has 0 aliphatic rings. The van der Waals surface area contributed by atoms with Gasteiger partial charge in [0.25, 0.3) is 5.08 Å². The second-order valence-electron chi connectivity index (χ2n) is 6.69. The number of hydrogen-bond donors (Lipinski definition) is 5. The van der Waals surface area contributed by atoms with E-state index in [1.54, 1.807) is 18.2 Å². The third-order valence-electron chi connectivity index (χ3n) is 4.60. The van der Waals surface area contributed by atoms with Crippen LogP contribution in [0.4, 0.5) is 0 Å². The van der Waals surface area contributed by atoms with Gasteiger partial charge in [0.2, 0.25) is 0 Å². The van der Waals surface area contributed by atoms with Gasteiger partial charge in [-0.1, -0.05) is 72.8 Å². The molecule has 0 aromatic heterocycles. The van der Waals surface area contributed by atoms with Crippen molar-refractivity contribution in [1.29, 1.82) is 0 Å². The molecule has 0 heterocycles. The summed E-state index contributed by atoms with van der Waals surface area (Å²) in [5, 5.41) is 6.68. The Hall–Kier alpha value is -1.08. The number of benzene rings is 3. The molecule has 0 unspecified atom stereocenters. The molecule has 3 aromatic carbocycles. The quantitative estimate of drug-likeness (QED) is 0.270. The van der Waals surface area contributed by atoms with Crippen molar-refractivity contribution >= 4 is 15.2 Å². The molecule has 0 radical (unpaired) electrons. The summed E-state index contributed by atoms with van der Waals surface area (Å²) < 4.78 is 23.2. The molecule has 0 fully saturated rings. The van der Waals surface area contributed by atoms with Crippen LogP contribution in [0.5, 0.6) is 0 Å². The van der Waals surface area contributed by atoms with Crippen LogP contribution >= 0.6 is 15.2 Å². The Morgan fingerprint density at radius 2 is 1.07 bits per heavy atom. The van der Waals surface area contributed by atoms with Gasteiger partial charge < -0.3 is 24.7 Å². The van der Waals surface area contributed by atoms with Crippen molar-refractivity contribution in [3.8, 4) is 22.3 Å². The maximum atomic E-state index is 11.6. The predicted molar refractivity (Wildman–Crippen MR) is 110 cm³/mol. The summed E-state index contributed by atoms with van der Waals surface area (Å²) >= 11 is 0. The van der Waals surface area contributed by atoms with Gasteiger partial charge in [-0.2, -0.15) is 0 Å². The summed E-state index contributed by atoms with van der Waals surface area (Å²) in [4.78, 5) is 37.4. The molecular weight excluding hydrogens is 437 g/mol. The van der Waals surface area contributed by atoms with Crippen molar-refractivity contribution in [2.24, 2.45) is 0 Å². The Morgan fingerprint density at radius 3 is 1.60 bits per heavy atom. The summed E-state index contributed by atoms with van der Waals surface area (Å²) in [5.41, 5.74) is 3.66. The number of aliphatic hydroxyl groups is 1. The maximum Gasteiger partial charge on any atom is 1.00 e. The predicted octanol–water partition coefficient (Wildman–Crippen LogP) is 0.569. The van der Waals surface area contributed by atoms with Gasteiger partial charge in [-0.25, -0.2) is 0 Å². The average Bonchev–Trinajstić information content (AvgIpc) is 2.67. The number of rotatable bonds is 6. The van der Waals surface area contributed by atoms with E-state index in [1.165, 1.54) is 6.07 Å². The first kappa shape index (κ1) is 25.2. The molecular formula is C20H20NaO7P2+. The fraction of sp³-hybridized carbons (Fsp3) is 0.100. The van der Waals surface area contributed by atoms with Gasteiger partial charge in [0.05, 0.1) is 0 Å². The Bertz CT molecular complexity index is 1090. The summed E-state index contributed by atoms with van der Waals surface area (Å²) in [6.07, 6.45) is -0.895. The first-order chi connectivity index (χ1) is 13.5. The van der Waals surface area contributed by atoms with E-state index < -0.39 is 26.7 Å². The Labute approximate surface area is 196 Å². The molecule has 0 saturated carbocycles. The van der Waals surface area contributed by atoms with Crippen LogP contribution < -0.4 is 29.6 Å². The van der Waals surface area contributed by atoms with Gasteiger partial charge in [0, 0.05) is 6.42 Å². The van der Waals surface area contributed by atoms with Crippen LogP contribution in [0.1, 0.15) is 5.56 Å². The summed E-state index contributed by atoms with van der Waals surface area (Å²) in [7, 11) is -11.0. The van der Waals surface area contributed by atoms with Crippen molar-refractivity contribution in [2.75, 3.05) is 0 Å². The van der Waals surface area contributed by atoms with E-state index in [0.717, 1.165) is 16.7 Å². The van der Waals surface area contributed by atoms with E-state index in [2.05, 4.69) is 0 Å². The molecule has 0 amide bonds. The number of hydrogen-bond acceptors (Lipinski definition) is 3. The normalized spacial score (nSPS) is 12.3. The zero-order valence-electron chi connectivity index (χ0n) is 16.2. The van der Waals surface area contributed by atoms with Gasteiger partial charge in [-0.15, -0.1) is 0 Å². The molecule has 0 bridgehead atoms. The van der Waals surface area contributed by atoms with Crippen molar-refractivity contribution in [3.05, 3.63) is 84.4 Å². The minimum absolute atomic E-state index is 0. The fourth-order valence-electron chi connectivity index (χ4n) is 3.02. The third kappa shape index (κ3) is 5.39. The van der Waals surface area contributed by atoms with Gasteiger partial charge in [0.1, 0.15) is 0 Å². The Kier molecular flexibility index (Phi) is 8.05. The van der Waals surface area contributed by atoms with Gasteiger partial charge >= 0.3 is 44.7 Å². The van der Waals surface area contributed by atoms with Crippen LogP contribution in [0.25, 0.3) is 22.3 Å². The van der Waals surface area contributed by atoms with Crippen LogP contribution in [0, 0.1) is 0 Å². The van der Waals surface area contributed by atoms with Crippen LogP contribution in [-0.4, -0.2) is 29.8 Å². The van der Waals surface area contributed by atoms with Gasteiger partial charge in [0.15, 0.2) is 0 Å². The van der Waals surface area contributed by atoms with Crippen molar-refractivity contribution < 1.29 is 63.4 Å². The average molecular weight is 457 g/mol. The summed E-state index contributed by atoms with van der Waals surface area (Å²) in [6.45, 7) is 0. The molecule has 3 aromatic rings. The van der Waals surface area contributed by atoms with Crippen LogP contribution in [0.2, 0.25) is 0 Å². The molecule has 0 spiro atoms. The Morgan fingerprint density at radius 1 is 0.633 bits per heavy atom. The van der Waals surface area contributed by atoms with Crippen molar-refractivity contribution in [3.63, 3.8) is 0 Å². The summed E-state index contributed by atoms with van der Waals surface area (Å²) in [6, 6.07) is 23.7. The van der Waals surface area contributed by atoms with Crippen molar-refractivity contribution in [2.45, 2.75) is 11.5 Å². The minimum Gasteiger partial charge on any atom is -0.367 e. The molecule has 0 atom stereocenters.